The van der Waals surface area contributed by atoms with E-state index in [0.29, 0.717) is 13.0 Å². The van der Waals surface area contributed by atoms with Gasteiger partial charge in [-0.15, -0.1) is 0 Å². The highest BCUT2D eigenvalue weighted by Gasteiger charge is 2.16. The summed E-state index contributed by atoms with van der Waals surface area (Å²) >= 11 is 0. The highest BCUT2D eigenvalue weighted by atomic mass is 16.3. The van der Waals surface area contributed by atoms with Gasteiger partial charge in [0.15, 0.2) is 5.96 Å². The van der Waals surface area contributed by atoms with E-state index in [-0.39, 0.29) is 0 Å². The molecule has 0 aliphatic carbocycles. The second kappa shape index (κ2) is 9.23. The maximum absolute atomic E-state index is 10.4. The number of para-hydroxylation sites is 1. The zero-order chi connectivity index (χ0) is 17.3. The van der Waals surface area contributed by atoms with Gasteiger partial charge in [0.25, 0.3) is 0 Å². The smallest absolute Gasteiger partial charge is 0.198 e. The summed E-state index contributed by atoms with van der Waals surface area (Å²) in [6.07, 6.45) is 3.83. The number of guanidine groups is 1. The number of aliphatic hydroxyl groups is 1. The van der Waals surface area contributed by atoms with Gasteiger partial charge in [-0.05, 0) is 37.0 Å². The monoisotopic (exact) mass is 337 g/mol. The average Bonchev–Trinajstić information content (AvgIpc) is 2.67. The minimum absolute atomic E-state index is 0.403. The average molecular weight is 337 g/mol. The molecule has 1 heterocycles. The second-order valence-corrected chi connectivity index (χ2v) is 6.55. The highest BCUT2D eigenvalue weighted by molar-refractivity contribution is 5.93. The largest absolute Gasteiger partial charge is 0.391 e. The van der Waals surface area contributed by atoms with Crippen LogP contribution >= 0.6 is 0 Å². The molecule has 0 radical (unpaired) electrons. The van der Waals surface area contributed by atoms with Gasteiger partial charge in [0.2, 0.25) is 0 Å². The van der Waals surface area contributed by atoms with Gasteiger partial charge in [-0.25, -0.2) is 0 Å². The molecular formula is C21H27N3O. The van der Waals surface area contributed by atoms with Crippen LogP contribution in [0.5, 0.6) is 0 Å². The molecule has 2 aromatic carbocycles. The first-order valence-electron chi connectivity index (χ1n) is 9.15. The molecule has 2 N–H and O–H groups in total. The number of nitrogens with zero attached hydrogens (tertiary/aromatic N) is 2. The van der Waals surface area contributed by atoms with E-state index in [0.717, 1.165) is 30.3 Å². The zero-order valence-electron chi connectivity index (χ0n) is 14.6. The third-order valence-electron chi connectivity index (χ3n) is 4.45. The van der Waals surface area contributed by atoms with Gasteiger partial charge < -0.3 is 15.3 Å². The molecule has 0 saturated carbocycles. The molecule has 3 rings (SSSR count). The Labute approximate surface area is 150 Å². The number of anilines is 1. The Kier molecular flexibility index (Phi) is 6.46. The van der Waals surface area contributed by atoms with Crippen molar-refractivity contribution in [2.24, 2.45) is 4.99 Å². The van der Waals surface area contributed by atoms with Crippen molar-refractivity contribution in [3.63, 3.8) is 0 Å². The number of likely N-dealkylation sites (tertiary alicyclic amines) is 1. The topological polar surface area (TPSA) is 47.9 Å². The van der Waals surface area contributed by atoms with Crippen LogP contribution in [0, 0.1) is 0 Å². The van der Waals surface area contributed by atoms with Gasteiger partial charge in [0, 0.05) is 25.2 Å². The van der Waals surface area contributed by atoms with Crippen molar-refractivity contribution in [1.82, 2.24) is 4.90 Å². The van der Waals surface area contributed by atoms with Crippen molar-refractivity contribution in [2.45, 2.75) is 31.8 Å². The van der Waals surface area contributed by atoms with Crippen molar-refractivity contribution in [2.75, 3.05) is 25.0 Å². The fourth-order valence-corrected chi connectivity index (χ4v) is 3.12. The van der Waals surface area contributed by atoms with E-state index >= 15 is 0 Å². The Morgan fingerprint density at radius 2 is 1.60 bits per heavy atom. The number of hydrogen-bond acceptors (Lipinski definition) is 2. The number of aliphatic imine (C=N–C) groups is 1. The van der Waals surface area contributed by atoms with Gasteiger partial charge in [-0.3, -0.25) is 4.99 Å². The van der Waals surface area contributed by atoms with Crippen molar-refractivity contribution in [3.05, 3.63) is 66.2 Å². The van der Waals surface area contributed by atoms with Crippen molar-refractivity contribution < 1.29 is 5.11 Å². The number of rotatable bonds is 5. The van der Waals surface area contributed by atoms with Crippen LogP contribution < -0.4 is 5.32 Å². The predicted octanol–water partition coefficient (Wildman–Crippen LogP) is 3.54. The van der Waals surface area contributed by atoms with Crippen molar-refractivity contribution >= 4 is 11.6 Å². The Balaban J connectivity index is 1.65. The summed E-state index contributed by atoms with van der Waals surface area (Å²) in [6.45, 7) is 2.45. The minimum atomic E-state index is -0.472. The summed E-state index contributed by atoms with van der Waals surface area (Å²) < 4.78 is 0. The van der Waals surface area contributed by atoms with Crippen molar-refractivity contribution in [1.29, 1.82) is 0 Å². The first-order valence-corrected chi connectivity index (χ1v) is 9.15. The fourth-order valence-electron chi connectivity index (χ4n) is 3.12. The van der Waals surface area contributed by atoms with E-state index in [1.807, 2.05) is 60.7 Å². The van der Waals surface area contributed by atoms with E-state index in [1.54, 1.807) is 0 Å². The molecule has 4 heteroatoms. The maximum atomic E-state index is 10.4. The van der Waals surface area contributed by atoms with E-state index < -0.39 is 6.10 Å². The molecule has 1 atom stereocenters. The summed E-state index contributed by atoms with van der Waals surface area (Å²) in [4.78, 5) is 7.02. The van der Waals surface area contributed by atoms with Gasteiger partial charge in [-0.1, -0.05) is 48.5 Å². The normalized spacial score (nSPS) is 16.5. The van der Waals surface area contributed by atoms with Gasteiger partial charge in [0.1, 0.15) is 0 Å². The van der Waals surface area contributed by atoms with Crippen LogP contribution in [-0.2, 0) is 6.42 Å². The van der Waals surface area contributed by atoms with Crippen LogP contribution in [0.1, 0.15) is 24.8 Å². The van der Waals surface area contributed by atoms with E-state index in [9.17, 15) is 5.11 Å². The predicted molar refractivity (Wildman–Crippen MR) is 104 cm³/mol. The van der Waals surface area contributed by atoms with E-state index in [1.165, 1.54) is 19.3 Å². The summed E-state index contributed by atoms with van der Waals surface area (Å²) in [5.74, 6) is 0.873. The number of piperidine rings is 1. The molecule has 0 amide bonds. The fraction of sp³-hybridized carbons (Fsp3) is 0.381. The third kappa shape index (κ3) is 5.61. The Morgan fingerprint density at radius 3 is 2.28 bits per heavy atom. The highest BCUT2D eigenvalue weighted by Crippen LogP contribution is 2.13. The Hall–Kier alpha value is -2.33. The van der Waals surface area contributed by atoms with Gasteiger partial charge >= 0.3 is 0 Å². The Bertz CT molecular complexity index is 651. The molecule has 4 nitrogen and oxygen atoms in total. The molecule has 1 aliphatic rings. The van der Waals surface area contributed by atoms with Crippen LogP contribution in [0.4, 0.5) is 5.69 Å². The molecule has 1 aliphatic heterocycles. The molecule has 2 aromatic rings. The number of hydrogen-bond donors (Lipinski definition) is 2. The van der Waals surface area contributed by atoms with Crippen LogP contribution in [0.2, 0.25) is 0 Å². The van der Waals surface area contributed by atoms with Gasteiger partial charge in [-0.2, -0.15) is 0 Å². The molecule has 132 valence electrons. The SMILES string of the molecule is OC(CN=C(Nc1ccccc1)N1CCCCC1)Cc1ccccc1. The lowest BCUT2D eigenvalue weighted by atomic mass is 10.1. The quantitative estimate of drug-likeness (QED) is 0.648. The van der Waals surface area contributed by atoms with Crippen LogP contribution in [0.3, 0.4) is 0 Å². The molecule has 1 unspecified atom stereocenters. The lowest BCUT2D eigenvalue weighted by Gasteiger charge is -2.30. The molecule has 1 saturated heterocycles. The molecule has 25 heavy (non-hydrogen) atoms. The number of benzene rings is 2. The Morgan fingerprint density at radius 1 is 0.960 bits per heavy atom. The lowest BCUT2D eigenvalue weighted by Crippen LogP contribution is -2.40. The minimum Gasteiger partial charge on any atom is -0.391 e. The summed E-state index contributed by atoms with van der Waals surface area (Å²) in [6, 6.07) is 20.2. The lowest BCUT2D eigenvalue weighted by molar-refractivity contribution is 0.183. The summed E-state index contributed by atoms with van der Waals surface area (Å²) in [7, 11) is 0. The summed E-state index contributed by atoms with van der Waals surface area (Å²) in [5.41, 5.74) is 2.17. The molecule has 1 fully saturated rings. The number of nitrogens with one attached hydrogen (secondary N) is 1. The molecule has 0 aromatic heterocycles. The van der Waals surface area contributed by atoms with E-state index in [2.05, 4.69) is 10.2 Å². The second-order valence-electron chi connectivity index (χ2n) is 6.55. The summed E-state index contributed by atoms with van der Waals surface area (Å²) in [5, 5.41) is 13.8. The van der Waals surface area contributed by atoms with Crippen molar-refractivity contribution in [3.8, 4) is 0 Å². The van der Waals surface area contributed by atoms with Gasteiger partial charge in [0.05, 0.1) is 12.6 Å². The van der Waals surface area contributed by atoms with Crippen LogP contribution in [0.15, 0.2) is 65.7 Å². The zero-order valence-corrected chi connectivity index (χ0v) is 14.6. The van der Waals surface area contributed by atoms with Crippen LogP contribution in [0.25, 0.3) is 0 Å². The first kappa shape index (κ1) is 17.5. The molecular weight excluding hydrogens is 310 g/mol. The van der Waals surface area contributed by atoms with Crippen LogP contribution in [-0.4, -0.2) is 41.7 Å². The standard InChI is InChI=1S/C21H27N3O/c25-20(16-18-10-4-1-5-11-18)17-22-21(24-14-8-3-9-15-24)23-19-12-6-2-7-13-19/h1-2,4-7,10-13,20,25H,3,8-9,14-17H2,(H,22,23). The number of aliphatic hydroxyl groups excluding tert-OH is 1. The molecule has 0 bridgehead atoms. The van der Waals surface area contributed by atoms with E-state index in [4.69, 9.17) is 4.99 Å². The first-order chi connectivity index (χ1) is 12.3. The molecule has 0 spiro atoms. The third-order valence-corrected chi connectivity index (χ3v) is 4.45. The maximum Gasteiger partial charge on any atom is 0.198 e.